The molecule has 1 rings (SSSR count). The molecule has 0 spiro atoms. The van der Waals surface area contributed by atoms with E-state index in [4.69, 9.17) is 66.7 Å². The molecular weight excluding hydrogens is 720 g/mol. The van der Waals surface area contributed by atoms with E-state index in [0.29, 0.717) is 144 Å². The molecule has 1 aromatic carbocycles. The summed E-state index contributed by atoms with van der Waals surface area (Å²) in [7, 11) is 0. The molecular formula is C36H58O18. The van der Waals surface area contributed by atoms with Crippen molar-refractivity contribution in [2.75, 3.05) is 159 Å². The van der Waals surface area contributed by atoms with Gasteiger partial charge in [0.15, 0.2) is 0 Å². The summed E-state index contributed by atoms with van der Waals surface area (Å²) in [4.78, 5) is 44.5. The van der Waals surface area contributed by atoms with Crippen molar-refractivity contribution in [2.45, 2.75) is 12.8 Å². The maximum absolute atomic E-state index is 11.8. The van der Waals surface area contributed by atoms with Crippen molar-refractivity contribution in [3.05, 3.63) is 35.9 Å². The zero-order chi connectivity index (χ0) is 39.0. The fourth-order valence-corrected chi connectivity index (χ4v) is 3.76. The number of aliphatic carboxylic acids is 1. The molecule has 0 bridgehead atoms. The number of carbonyl (C=O) groups excluding carboxylic acids is 3. The Balaban J connectivity index is 1.65. The molecule has 1 N–H and O–H groups in total. The summed E-state index contributed by atoms with van der Waals surface area (Å²) in [6, 6.07) is 8.81. The summed E-state index contributed by atoms with van der Waals surface area (Å²) in [5.74, 6) is -3.62. The van der Waals surface area contributed by atoms with Gasteiger partial charge in [0, 0.05) is 6.42 Å². The van der Waals surface area contributed by atoms with Crippen LogP contribution in [0, 0.1) is 0 Å². The molecule has 0 aromatic heterocycles. The summed E-state index contributed by atoms with van der Waals surface area (Å²) in [6.45, 7) is 9.33. The summed E-state index contributed by atoms with van der Waals surface area (Å²) in [5.41, 5.74) is 0.515. The number of ether oxygens (including phenoxy) is 13. The lowest BCUT2D eigenvalue weighted by Crippen LogP contribution is -2.17. The van der Waals surface area contributed by atoms with E-state index in [1.165, 1.54) is 0 Å². The van der Waals surface area contributed by atoms with E-state index in [-0.39, 0.29) is 32.2 Å². The highest BCUT2D eigenvalue weighted by molar-refractivity contribution is 6.32. The number of esters is 2. The van der Waals surface area contributed by atoms with E-state index in [9.17, 15) is 19.2 Å². The summed E-state index contributed by atoms with van der Waals surface area (Å²) in [5, 5.41) is 8.45. The van der Waals surface area contributed by atoms with Crippen molar-refractivity contribution < 1.29 is 85.9 Å². The van der Waals surface area contributed by atoms with Gasteiger partial charge >= 0.3 is 17.9 Å². The predicted octanol–water partition coefficient (Wildman–Crippen LogP) is 1.00. The molecule has 1 aromatic rings. The van der Waals surface area contributed by atoms with Gasteiger partial charge in [0.05, 0.1) is 157 Å². The molecule has 0 aliphatic rings. The quantitative estimate of drug-likeness (QED) is 0.0559. The number of hydrogen-bond donors (Lipinski definition) is 1. The SMILES string of the molecule is O=C(CCC(=O)C(=O)O)OCCOCCOCCOCCOCCOCCOCCOCCOCCOCCOCCOCCOC(=O)c1ccccc1. The van der Waals surface area contributed by atoms with Crippen molar-refractivity contribution >= 4 is 23.7 Å². The van der Waals surface area contributed by atoms with Crippen molar-refractivity contribution in [1.29, 1.82) is 0 Å². The predicted molar refractivity (Wildman–Crippen MR) is 189 cm³/mol. The fraction of sp³-hybridized carbons (Fsp3) is 0.722. The largest absolute Gasteiger partial charge is 0.476 e. The second-order valence-electron chi connectivity index (χ2n) is 10.7. The maximum atomic E-state index is 11.8. The first-order valence-corrected chi connectivity index (χ1v) is 18.0. The zero-order valence-corrected chi connectivity index (χ0v) is 31.2. The van der Waals surface area contributed by atoms with Crippen LogP contribution in [-0.4, -0.2) is 187 Å². The lowest BCUT2D eigenvalue weighted by atomic mass is 10.2. The summed E-state index contributed by atoms with van der Waals surface area (Å²) in [6.07, 6.45) is -0.670. The van der Waals surface area contributed by atoms with Crippen LogP contribution in [0.15, 0.2) is 30.3 Å². The first-order valence-electron chi connectivity index (χ1n) is 18.0. The highest BCUT2D eigenvalue weighted by atomic mass is 16.6. The standard InChI is InChI=1S/C36H58O18/c37-33(35(39)40)6-7-34(38)53-30-28-51-26-24-49-22-20-47-18-16-45-14-12-43-10-8-42-9-11-44-13-15-46-17-19-48-21-23-50-25-27-52-29-31-54-36(41)32-4-2-1-3-5-32/h1-5H,6-31H2,(H,39,40). The van der Waals surface area contributed by atoms with Crippen LogP contribution in [0.5, 0.6) is 0 Å². The summed E-state index contributed by atoms with van der Waals surface area (Å²) < 4.78 is 69.6. The first kappa shape index (κ1) is 48.9. The van der Waals surface area contributed by atoms with E-state index < -0.39 is 24.1 Å². The van der Waals surface area contributed by atoms with Crippen molar-refractivity contribution in [3.63, 3.8) is 0 Å². The Morgan fingerprint density at radius 3 is 0.944 bits per heavy atom. The number of carbonyl (C=O) groups is 4. The molecule has 0 radical (unpaired) electrons. The third-order valence-corrected chi connectivity index (χ3v) is 6.48. The van der Waals surface area contributed by atoms with Gasteiger partial charge < -0.3 is 66.7 Å². The van der Waals surface area contributed by atoms with Crippen LogP contribution < -0.4 is 0 Å². The van der Waals surface area contributed by atoms with Gasteiger partial charge in [-0.05, 0) is 12.1 Å². The van der Waals surface area contributed by atoms with E-state index >= 15 is 0 Å². The van der Waals surface area contributed by atoms with E-state index in [1.807, 2.05) is 6.07 Å². The molecule has 0 heterocycles. The highest BCUT2D eigenvalue weighted by Crippen LogP contribution is 2.01. The number of carboxylic acids is 1. The van der Waals surface area contributed by atoms with Gasteiger partial charge in [-0.2, -0.15) is 0 Å². The second kappa shape index (κ2) is 38.1. The molecule has 0 unspecified atom stereocenters. The van der Waals surface area contributed by atoms with E-state index in [2.05, 4.69) is 0 Å². The Hall–Kier alpha value is -3.14. The van der Waals surface area contributed by atoms with Crippen LogP contribution in [0.1, 0.15) is 23.2 Å². The summed E-state index contributed by atoms with van der Waals surface area (Å²) >= 11 is 0. The molecule has 0 saturated heterocycles. The highest BCUT2D eigenvalue weighted by Gasteiger charge is 2.14. The van der Waals surface area contributed by atoms with Crippen LogP contribution >= 0.6 is 0 Å². The number of ketones is 1. The Bertz CT molecular complexity index is 1040. The van der Waals surface area contributed by atoms with Crippen LogP contribution in [0.2, 0.25) is 0 Å². The van der Waals surface area contributed by atoms with Crippen LogP contribution in [0.4, 0.5) is 0 Å². The molecule has 0 aliphatic heterocycles. The average molecular weight is 779 g/mol. The zero-order valence-electron chi connectivity index (χ0n) is 31.2. The number of hydrogen-bond acceptors (Lipinski definition) is 17. The van der Waals surface area contributed by atoms with Gasteiger partial charge in [-0.25, -0.2) is 9.59 Å². The topological polar surface area (TPSA) is 208 Å². The van der Waals surface area contributed by atoms with Crippen LogP contribution in [-0.2, 0) is 76.0 Å². The molecule has 310 valence electrons. The molecule has 0 atom stereocenters. The molecule has 54 heavy (non-hydrogen) atoms. The van der Waals surface area contributed by atoms with Gasteiger partial charge in [-0.15, -0.1) is 0 Å². The van der Waals surface area contributed by atoms with E-state index in [0.717, 1.165) is 0 Å². The van der Waals surface area contributed by atoms with Crippen molar-refractivity contribution in [3.8, 4) is 0 Å². The van der Waals surface area contributed by atoms with Crippen LogP contribution in [0.3, 0.4) is 0 Å². The van der Waals surface area contributed by atoms with Crippen molar-refractivity contribution in [1.82, 2.24) is 0 Å². The minimum absolute atomic E-state index is 0.00781. The maximum Gasteiger partial charge on any atom is 0.372 e. The minimum Gasteiger partial charge on any atom is -0.476 e. The van der Waals surface area contributed by atoms with Gasteiger partial charge in [-0.3, -0.25) is 9.59 Å². The smallest absolute Gasteiger partial charge is 0.372 e. The van der Waals surface area contributed by atoms with Gasteiger partial charge in [-0.1, -0.05) is 18.2 Å². The lowest BCUT2D eigenvalue weighted by Gasteiger charge is -2.09. The monoisotopic (exact) mass is 778 g/mol. The van der Waals surface area contributed by atoms with Gasteiger partial charge in [0.1, 0.15) is 13.2 Å². The normalized spacial score (nSPS) is 11.1. The lowest BCUT2D eigenvalue weighted by molar-refractivity contribution is -0.151. The fourth-order valence-electron chi connectivity index (χ4n) is 3.76. The number of rotatable bonds is 41. The second-order valence-corrected chi connectivity index (χ2v) is 10.7. The molecule has 18 nitrogen and oxygen atoms in total. The van der Waals surface area contributed by atoms with Gasteiger partial charge in [0.25, 0.3) is 0 Å². The Morgan fingerprint density at radius 1 is 0.370 bits per heavy atom. The van der Waals surface area contributed by atoms with Crippen molar-refractivity contribution in [2.24, 2.45) is 0 Å². The van der Waals surface area contributed by atoms with Crippen LogP contribution in [0.25, 0.3) is 0 Å². The Kier molecular flexibility index (Phi) is 34.5. The number of carboxylic acid groups (broad SMARTS) is 1. The Labute approximate surface area is 316 Å². The van der Waals surface area contributed by atoms with E-state index in [1.54, 1.807) is 24.3 Å². The van der Waals surface area contributed by atoms with Gasteiger partial charge in [0.2, 0.25) is 5.78 Å². The minimum atomic E-state index is -1.57. The molecule has 0 saturated carbocycles. The number of benzene rings is 1. The molecule has 18 heteroatoms. The number of Topliss-reactive ketones (excluding diaryl/α,β-unsaturated/α-hetero) is 1. The first-order chi connectivity index (χ1) is 26.5. The Morgan fingerprint density at radius 2 is 0.648 bits per heavy atom. The molecule has 0 fully saturated rings. The third kappa shape index (κ3) is 33.4. The average Bonchev–Trinajstić information content (AvgIpc) is 3.18. The molecule has 0 aliphatic carbocycles. The third-order valence-electron chi connectivity index (χ3n) is 6.48. The molecule has 0 amide bonds.